The standard InChI is InChI=1S/C19H31N3O2/c1-15(2)18(23)8-10-20-19(24)21-17-7-5-6-16(14-17)9-13-22-11-3-4-12-22/h5-7,14-15,18,23H,3-4,8-13H2,1-2H3,(H2,20,21,24). The average Bonchev–Trinajstić information content (AvgIpc) is 3.06. The van der Waals surface area contributed by atoms with E-state index in [-0.39, 0.29) is 18.1 Å². The van der Waals surface area contributed by atoms with Gasteiger partial charge in [0.1, 0.15) is 0 Å². The molecule has 0 radical (unpaired) electrons. The molecule has 134 valence electrons. The summed E-state index contributed by atoms with van der Waals surface area (Å²) in [6.07, 6.45) is 3.83. The Kier molecular flexibility index (Phi) is 7.53. The number of aliphatic hydroxyl groups excluding tert-OH is 1. The van der Waals surface area contributed by atoms with Gasteiger partial charge in [0.25, 0.3) is 0 Å². The Morgan fingerprint density at radius 1 is 1.29 bits per heavy atom. The number of hydrogen-bond donors (Lipinski definition) is 3. The largest absolute Gasteiger partial charge is 0.393 e. The van der Waals surface area contributed by atoms with E-state index in [0.717, 1.165) is 18.7 Å². The second-order valence-corrected chi connectivity index (χ2v) is 6.98. The van der Waals surface area contributed by atoms with Crippen molar-refractivity contribution in [2.45, 2.75) is 45.6 Å². The van der Waals surface area contributed by atoms with Crippen LogP contribution < -0.4 is 10.6 Å². The molecule has 0 aromatic heterocycles. The molecule has 1 aromatic carbocycles. The topological polar surface area (TPSA) is 64.6 Å². The number of urea groups is 1. The predicted octanol–water partition coefficient (Wildman–Crippen LogP) is 2.85. The van der Waals surface area contributed by atoms with Crippen LogP contribution in [0.5, 0.6) is 0 Å². The van der Waals surface area contributed by atoms with Crippen molar-refractivity contribution < 1.29 is 9.90 Å². The molecule has 1 heterocycles. The van der Waals surface area contributed by atoms with E-state index in [1.54, 1.807) is 0 Å². The Balaban J connectivity index is 1.73. The summed E-state index contributed by atoms with van der Waals surface area (Å²) < 4.78 is 0. The highest BCUT2D eigenvalue weighted by atomic mass is 16.3. The number of carbonyl (C=O) groups excluding carboxylic acids is 1. The summed E-state index contributed by atoms with van der Waals surface area (Å²) in [5, 5.41) is 15.4. The van der Waals surface area contributed by atoms with Gasteiger partial charge >= 0.3 is 6.03 Å². The Labute approximate surface area is 145 Å². The van der Waals surface area contributed by atoms with Gasteiger partial charge in [-0.25, -0.2) is 4.79 Å². The molecule has 1 aromatic rings. The fourth-order valence-corrected chi connectivity index (χ4v) is 2.94. The van der Waals surface area contributed by atoms with Crippen LogP contribution in [0.1, 0.15) is 38.7 Å². The molecule has 2 amide bonds. The van der Waals surface area contributed by atoms with E-state index in [2.05, 4.69) is 21.6 Å². The third kappa shape index (κ3) is 6.49. The second kappa shape index (κ2) is 9.64. The molecule has 0 saturated carbocycles. The van der Waals surface area contributed by atoms with E-state index >= 15 is 0 Å². The van der Waals surface area contributed by atoms with Crippen molar-refractivity contribution in [1.29, 1.82) is 0 Å². The van der Waals surface area contributed by atoms with Crippen molar-refractivity contribution in [3.8, 4) is 0 Å². The number of aliphatic hydroxyl groups is 1. The molecule has 5 heteroatoms. The highest BCUT2D eigenvalue weighted by molar-refractivity contribution is 5.89. The third-order valence-corrected chi connectivity index (χ3v) is 4.60. The van der Waals surface area contributed by atoms with Crippen molar-refractivity contribution in [2.24, 2.45) is 5.92 Å². The van der Waals surface area contributed by atoms with Gasteiger partial charge in [-0.3, -0.25) is 0 Å². The first-order valence-electron chi connectivity index (χ1n) is 9.09. The fourth-order valence-electron chi connectivity index (χ4n) is 2.94. The smallest absolute Gasteiger partial charge is 0.319 e. The molecule has 2 rings (SSSR count). The molecule has 1 atom stereocenters. The Bertz CT molecular complexity index is 513. The van der Waals surface area contributed by atoms with E-state index in [1.165, 1.54) is 31.5 Å². The molecule has 24 heavy (non-hydrogen) atoms. The van der Waals surface area contributed by atoms with Gasteiger partial charge in [-0.1, -0.05) is 26.0 Å². The van der Waals surface area contributed by atoms with E-state index in [0.29, 0.717) is 13.0 Å². The van der Waals surface area contributed by atoms with Crippen molar-refractivity contribution in [3.63, 3.8) is 0 Å². The Morgan fingerprint density at radius 2 is 2.04 bits per heavy atom. The van der Waals surface area contributed by atoms with Crippen LogP contribution in [-0.4, -0.2) is 48.3 Å². The quantitative estimate of drug-likeness (QED) is 0.685. The van der Waals surface area contributed by atoms with Crippen LogP contribution in [0, 0.1) is 5.92 Å². The summed E-state index contributed by atoms with van der Waals surface area (Å²) in [6, 6.07) is 7.82. The fraction of sp³-hybridized carbons (Fsp3) is 0.632. The molecular weight excluding hydrogens is 302 g/mol. The van der Waals surface area contributed by atoms with Crippen molar-refractivity contribution in [1.82, 2.24) is 10.2 Å². The van der Waals surface area contributed by atoms with Crippen LogP contribution >= 0.6 is 0 Å². The molecule has 1 aliphatic heterocycles. The number of benzene rings is 1. The second-order valence-electron chi connectivity index (χ2n) is 6.98. The lowest BCUT2D eigenvalue weighted by atomic mass is 10.0. The number of amides is 2. The molecule has 1 saturated heterocycles. The number of nitrogens with one attached hydrogen (secondary N) is 2. The maximum Gasteiger partial charge on any atom is 0.319 e. The normalized spacial score (nSPS) is 16.3. The number of carbonyl (C=O) groups is 1. The Morgan fingerprint density at radius 3 is 2.75 bits per heavy atom. The summed E-state index contributed by atoms with van der Waals surface area (Å²) in [5.41, 5.74) is 2.06. The molecule has 3 N–H and O–H groups in total. The first kappa shape index (κ1) is 18.7. The van der Waals surface area contributed by atoms with Gasteiger partial charge in [0.2, 0.25) is 0 Å². The van der Waals surface area contributed by atoms with Crippen LogP contribution in [0.4, 0.5) is 10.5 Å². The van der Waals surface area contributed by atoms with E-state index < -0.39 is 0 Å². The van der Waals surface area contributed by atoms with Gasteiger partial charge in [0, 0.05) is 18.8 Å². The summed E-state index contributed by atoms with van der Waals surface area (Å²) in [6.45, 7) is 7.92. The molecule has 1 unspecified atom stereocenters. The average molecular weight is 333 g/mol. The first-order chi connectivity index (χ1) is 11.5. The lowest BCUT2D eigenvalue weighted by Crippen LogP contribution is -2.32. The minimum atomic E-state index is -0.376. The lowest BCUT2D eigenvalue weighted by molar-refractivity contribution is 0.117. The molecule has 1 fully saturated rings. The minimum Gasteiger partial charge on any atom is -0.393 e. The maximum atomic E-state index is 11.9. The number of hydrogen-bond acceptors (Lipinski definition) is 3. The number of rotatable bonds is 8. The Hall–Kier alpha value is -1.59. The predicted molar refractivity (Wildman–Crippen MR) is 98.3 cm³/mol. The van der Waals surface area contributed by atoms with Gasteiger partial charge < -0.3 is 20.6 Å². The van der Waals surface area contributed by atoms with E-state index in [1.807, 2.05) is 32.0 Å². The number of anilines is 1. The molecule has 0 bridgehead atoms. The van der Waals surface area contributed by atoms with Gasteiger partial charge in [-0.2, -0.15) is 0 Å². The lowest BCUT2D eigenvalue weighted by Gasteiger charge is -2.15. The van der Waals surface area contributed by atoms with Gasteiger partial charge in [-0.15, -0.1) is 0 Å². The van der Waals surface area contributed by atoms with E-state index in [9.17, 15) is 9.90 Å². The van der Waals surface area contributed by atoms with Crippen molar-refractivity contribution in [3.05, 3.63) is 29.8 Å². The molecule has 1 aliphatic rings. The maximum absolute atomic E-state index is 11.9. The van der Waals surface area contributed by atoms with Gasteiger partial charge in [0.05, 0.1) is 6.10 Å². The minimum absolute atomic E-state index is 0.210. The summed E-state index contributed by atoms with van der Waals surface area (Å²) in [7, 11) is 0. The zero-order valence-electron chi connectivity index (χ0n) is 14.9. The highest BCUT2D eigenvalue weighted by Gasteiger charge is 2.11. The summed E-state index contributed by atoms with van der Waals surface area (Å²) in [4.78, 5) is 14.4. The first-order valence-corrected chi connectivity index (χ1v) is 9.09. The number of nitrogens with zero attached hydrogens (tertiary/aromatic N) is 1. The molecular formula is C19H31N3O2. The van der Waals surface area contributed by atoms with Crippen LogP contribution in [0.3, 0.4) is 0 Å². The summed E-state index contributed by atoms with van der Waals surface area (Å²) in [5.74, 6) is 0.210. The third-order valence-electron chi connectivity index (χ3n) is 4.60. The summed E-state index contributed by atoms with van der Waals surface area (Å²) >= 11 is 0. The molecule has 0 aliphatic carbocycles. The zero-order valence-corrected chi connectivity index (χ0v) is 14.9. The molecule has 5 nitrogen and oxygen atoms in total. The number of likely N-dealkylation sites (tertiary alicyclic amines) is 1. The van der Waals surface area contributed by atoms with Crippen LogP contribution in [0.15, 0.2) is 24.3 Å². The molecule has 0 spiro atoms. The van der Waals surface area contributed by atoms with Crippen LogP contribution in [-0.2, 0) is 6.42 Å². The van der Waals surface area contributed by atoms with Crippen LogP contribution in [0.2, 0.25) is 0 Å². The zero-order chi connectivity index (χ0) is 17.4. The van der Waals surface area contributed by atoms with Crippen molar-refractivity contribution in [2.75, 3.05) is 31.5 Å². The van der Waals surface area contributed by atoms with Gasteiger partial charge in [-0.05, 0) is 62.4 Å². The van der Waals surface area contributed by atoms with E-state index in [4.69, 9.17) is 0 Å². The van der Waals surface area contributed by atoms with Crippen LogP contribution in [0.25, 0.3) is 0 Å². The monoisotopic (exact) mass is 333 g/mol. The SMILES string of the molecule is CC(C)C(O)CCNC(=O)Nc1cccc(CCN2CCCC2)c1. The van der Waals surface area contributed by atoms with Crippen molar-refractivity contribution >= 4 is 11.7 Å². The van der Waals surface area contributed by atoms with Gasteiger partial charge in [0.15, 0.2) is 0 Å². The highest BCUT2D eigenvalue weighted by Crippen LogP contribution is 2.13.